The van der Waals surface area contributed by atoms with E-state index >= 15 is 0 Å². The van der Waals surface area contributed by atoms with E-state index in [9.17, 15) is 0 Å². The summed E-state index contributed by atoms with van der Waals surface area (Å²) < 4.78 is 17.0. The first-order valence-corrected chi connectivity index (χ1v) is 9.15. The van der Waals surface area contributed by atoms with Crippen molar-refractivity contribution in [2.45, 2.75) is 46.3 Å². The van der Waals surface area contributed by atoms with Crippen molar-refractivity contribution < 1.29 is 14.2 Å². The Morgan fingerprint density at radius 3 is 2.84 bits per heavy atom. The van der Waals surface area contributed by atoms with Crippen LogP contribution in [0.25, 0.3) is 0 Å². The van der Waals surface area contributed by atoms with Gasteiger partial charge in [0.15, 0.2) is 5.96 Å². The van der Waals surface area contributed by atoms with Gasteiger partial charge in [-0.3, -0.25) is 4.99 Å². The Labute approximate surface area is 151 Å². The molecule has 1 aromatic carbocycles. The van der Waals surface area contributed by atoms with Gasteiger partial charge in [0.25, 0.3) is 0 Å². The Balaban J connectivity index is 1.93. The van der Waals surface area contributed by atoms with Crippen molar-refractivity contribution in [2.75, 3.05) is 33.4 Å². The molecule has 25 heavy (non-hydrogen) atoms. The number of hydrogen-bond donors (Lipinski definition) is 2. The van der Waals surface area contributed by atoms with Crippen LogP contribution in [-0.4, -0.2) is 45.5 Å². The van der Waals surface area contributed by atoms with Crippen molar-refractivity contribution in [3.63, 3.8) is 0 Å². The molecule has 0 bridgehead atoms. The second kappa shape index (κ2) is 10.1. The van der Waals surface area contributed by atoms with Gasteiger partial charge in [0.2, 0.25) is 0 Å². The molecule has 0 aromatic heterocycles. The van der Waals surface area contributed by atoms with Gasteiger partial charge in [0, 0.05) is 50.9 Å². The van der Waals surface area contributed by atoms with Crippen molar-refractivity contribution >= 4 is 5.96 Å². The number of nitrogens with one attached hydrogen (secondary N) is 2. The summed E-state index contributed by atoms with van der Waals surface area (Å²) in [5, 5.41) is 6.64. The minimum Gasteiger partial charge on any atom is -0.494 e. The van der Waals surface area contributed by atoms with E-state index in [0.29, 0.717) is 13.2 Å². The molecule has 2 rings (SSSR count). The van der Waals surface area contributed by atoms with E-state index in [1.807, 2.05) is 13.8 Å². The Bertz CT molecular complexity index is 575. The van der Waals surface area contributed by atoms with Gasteiger partial charge in [-0.25, -0.2) is 0 Å². The van der Waals surface area contributed by atoms with Gasteiger partial charge in [-0.05, 0) is 39.3 Å². The third-order valence-corrected chi connectivity index (χ3v) is 4.01. The van der Waals surface area contributed by atoms with Gasteiger partial charge in [0.1, 0.15) is 17.6 Å². The van der Waals surface area contributed by atoms with E-state index < -0.39 is 0 Å². The molecule has 1 aromatic rings. The van der Waals surface area contributed by atoms with Gasteiger partial charge in [0.05, 0.1) is 6.61 Å². The van der Waals surface area contributed by atoms with Crippen molar-refractivity contribution in [3.8, 4) is 11.5 Å². The zero-order chi connectivity index (χ0) is 18.1. The van der Waals surface area contributed by atoms with Crippen LogP contribution in [0.1, 0.15) is 38.3 Å². The van der Waals surface area contributed by atoms with Gasteiger partial charge in [-0.1, -0.05) is 0 Å². The quantitative estimate of drug-likeness (QED) is 0.407. The fourth-order valence-electron chi connectivity index (χ4n) is 2.83. The highest BCUT2D eigenvalue weighted by atomic mass is 16.5. The molecule has 140 valence electrons. The monoisotopic (exact) mass is 349 g/mol. The molecular weight excluding hydrogens is 318 g/mol. The van der Waals surface area contributed by atoms with E-state index in [1.54, 1.807) is 7.05 Å². The number of aliphatic imine (C=N–C) groups is 1. The van der Waals surface area contributed by atoms with Crippen LogP contribution in [0.5, 0.6) is 11.5 Å². The molecule has 0 saturated heterocycles. The largest absolute Gasteiger partial charge is 0.494 e. The molecule has 1 aliphatic rings. The van der Waals surface area contributed by atoms with Crippen LogP contribution in [0.2, 0.25) is 0 Å². The summed E-state index contributed by atoms with van der Waals surface area (Å²) in [5.74, 6) is 2.65. The molecule has 0 saturated carbocycles. The number of ether oxygens (including phenoxy) is 3. The number of benzene rings is 1. The van der Waals surface area contributed by atoms with Crippen molar-refractivity contribution in [1.29, 1.82) is 0 Å². The highest BCUT2D eigenvalue weighted by Gasteiger charge is 2.21. The summed E-state index contributed by atoms with van der Waals surface area (Å²) in [5.41, 5.74) is 2.30. The normalized spacial score (nSPS) is 16.3. The minimum absolute atomic E-state index is 0.229. The number of rotatable bonds is 9. The standard InChI is InChI=1S/C19H31N3O3/c1-5-23-9-7-8-21-19(20-4)22-13-16-12-18-15(10-14(3)25-18)11-17(16)24-6-2/h11-12,14H,5-10,13H2,1-4H3,(H2,20,21,22). The smallest absolute Gasteiger partial charge is 0.191 e. The predicted molar refractivity (Wildman–Crippen MR) is 101 cm³/mol. The molecule has 1 unspecified atom stereocenters. The van der Waals surface area contributed by atoms with E-state index in [4.69, 9.17) is 14.2 Å². The average Bonchev–Trinajstić information content (AvgIpc) is 2.96. The summed E-state index contributed by atoms with van der Waals surface area (Å²) in [6.45, 7) is 9.71. The Kier molecular flexibility index (Phi) is 7.85. The highest BCUT2D eigenvalue weighted by Crippen LogP contribution is 2.35. The Morgan fingerprint density at radius 1 is 1.28 bits per heavy atom. The van der Waals surface area contributed by atoms with E-state index in [2.05, 4.69) is 34.7 Å². The molecule has 6 heteroatoms. The number of guanidine groups is 1. The summed E-state index contributed by atoms with van der Waals surface area (Å²) in [6, 6.07) is 4.19. The molecule has 2 N–H and O–H groups in total. The van der Waals surface area contributed by atoms with Crippen molar-refractivity contribution in [1.82, 2.24) is 10.6 Å². The maximum atomic E-state index is 5.87. The molecule has 1 heterocycles. The predicted octanol–water partition coefficient (Wildman–Crippen LogP) is 2.50. The summed E-state index contributed by atoms with van der Waals surface area (Å²) in [4.78, 5) is 4.26. The molecule has 0 radical (unpaired) electrons. The van der Waals surface area contributed by atoms with Crippen molar-refractivity contribution in [2.24, 2.45) is 4.99 Å². The lowest BCUT2D eigenvalue weighted by Gasteiger charge is -2.15. The van der Waals surface area contributed by atoms with Gasteiger partial charge >= 0.3 is 0 Å². The molecule has 0 fully saturated rings. The lowest BCUT2D eigenvalue weighted by Crippen LogP contribution is -2.37. The first-order chi connectivity index (χ1) is 12.2. The number of nitrogens with zero attached hydrogens (tertiary/aromatic N) is 1. The number of fused-ring (bicyclic) bond motifs is 1. The summed E-state index contributed by atoms with van der Waals surface area (Å²) >= 11 is 0. The lowest BCUT2D eigenvalue weighted by atomic mass is 10.1. The Morgan fingerprint density at radius 2 is 2.12 bits per heavy atom. The average molecular weight is 349 g/mol. The fourth-order valence-corrected chi connectivity index (χ4v) is 2.83. The second-order valence-corrected chi connectivity index (χ2v) is 6.04. The van der Waals surface area contributed by atoms with Gasteiger partial charge in [-0.15, -0.1) is 0 Å². The topological polar surface area (TPSA) is 64.1 Å². The maximum Gasteiger partial charge on any atom is 0.191 e. The zero-order valence-electron chi connectivity index (χ0n) is 15.9. The van der Waals surface area contributed by atoms with Gasteiger partial charge < -0.3 is 24.8 Å². The molecule has 0 amide bonds. The SMILES string of the molecule is CCOCCCNC(=NC)NCc1cc2c(cc1OCC)CC(C)O2. The molecule has 6 nitrogen and oxygen atoms in total. The fraction of sp³-hybridized carbons (Fsp3) is 0.632. The van der Waals surface area contributed by atoms with Crippen LogP contribution in [0, 0.1) is 0 Å². The molecule has 1 aliphatic heterocycles. The minimum atomic E-state index is 0.229. The van der Waals surface area contributed by atoms with Crippen molar-refractivity contribution in [3.05, 3.63) is 23.3 Å². The van der Waals surface area contributed by atoms with E-state index in [1.165, 1.54) is 5.56 Å². The van der Waals surface area contributed by atoms with Crippen LogP contribution in [0.3, 0.4) is 0 Å². The molecule has 0 aliphatic carbocycles. The van der Waals surface area contributed by atoms with Crippen LogP contribution in [0.15, 0.2) is 17.1 Å². The third kappa shape index (κ3) is 5.81. The Hall–Kier alpha value is -1.95. The van der Waals surface area contributed by atoms with Crippen LogP contribution < -0.4 is 20.1 Å². The van der Waals surface area contributed by atoms with E-state index in [-0.39, 0.29) is 6.10 Å². The second-order valence-electron chi connectivity index (χ2n) is 6.04. The summed E-state index contributed by atoms with van der Waals surface area (Å²) in [7, 11) is 1.77. The number of hydrogen-bond acceptors (Lipinski definition) is 4. The van der Waals surface area contributed by atoms with Crippen LogP contribution in [-0.2, 0) is 17.7 Å². The summed E-state index contributed by atoms with van der Waals surface area (Å²) in [6.07, 6.45) is 2.11. The zero-order valence-corrected chi connectivity index (χ0v) is 15.9. The third-order valence-electron chi connectivity index (χ3n) is 4.01. The molecule has 0 spiro atoms. The molecule has 1 atom stereocenters. The van der Waals surface area contributed by atoms with E-state index in [0.717, 1.165) is 55.6 Å². The lowest BCUT2D eigenvalue weighted by molar-refractivity contribution is 0.145. The van der Waals surface area contributed by atoms with Crippen LogP contribution >= 0.6 is 0 Å². The first kappa shape index (κ1) is 19.4. The van der Waals surface area contributed by atoms with Gasteiger partial charge in [-0.2, -0.15) is 0 Å². The molecular formula is C19H31N3O3. The highest BCUT2D eigenvalue weighted by molar-refractivity contribution is 5.79. The maximum absolute atomic E-state index is 5.87. The van der Waals surface area contributed by atoms with Crippen LogP contribution in [0.4, 0.5) is 0 Å². The first-order valence-electron chi connectivity index (χ1n) is 9.15.